The Hall–Kier alpha value is -1.30. The zero-order valence-corrected chi connectivity index (χ0v) is 9.69. The topological polar surface area (TPSA) is 67.9 Å². The van der Waals surface area contributed by atoms with Crippen LogP contribution in [0.2, 0.25) is 0 Å². The van der Waals surface area contributed by atoms with Gasteiger partial charge in [0.25, 0.3) is 0 Å². The lowest BCUT2D eigenvalue weighted by atomic mass is 10.1. The molecule has 0 aromatic heterocycles. The van der Waals surface area contributed by atoms with Crippen LogP contribution in [0.4, 0.5) is 4.79 Å². The molecule has 0 saturated carbocycles. The first kappa shape index (κ1) is 12.8. The summed E-state index contributed by atoms with van der Waals surface area (Å²) in [5.41, 5.74) is 0. The van der Waals surface area contributed by atoms with E-state index in [1.807, 2.05) is 7.05 Å². The van der Waals surface area contributed by atoms with Crippen LogP contribution in [-0.2, 0) is 14.3 Å². The first-order valence-corrected chi connectivity index (χ1v) is 5.36. The van der Waals surface area contributed by atoms with Gasteiger partial charge < -0.3 is 19.7 Å². The number of piperidine rings is 1. The number of amides is 1. The van der Waals surface area contributed by atoms with Crippen LogP contribution < -0.4 is 5.32 Å². The molecule has 16 heavy (non-hydrogen) atoms. The molecular weight excluding hydrogens is 212 g/mol. The molecule has 1 saturated heterocycles. The maximum atomic E-state index is 11.5. The first-order valence-electron chi connectivity index (χ1n) is 5.36. The standard InChI is InChI=1S/C10H18N2O4/c1-8(13)15-7-16-10(14)12-5-3-9(11-2)4-6-12/h9,11H,3-7H2,1-2H3. The van der Waals surface area contributed by atoms with Gasteiger partial charge in [0.2, 0.25) is 6.79 Å². The third-order valence-electron chi connectivity index (χ3n) is 2.61. The lowest BCUT2D eigenvalue weighted by molar-refractivity contribution is -0.149. The molecule has 0 atom stereocenters. The van der Waals surface area contributed by atoms with E-state index in [0.717, 1.165) is 12.8 Å². The number of nitrogens with zero attached hydrogens (tertiary/aromatic N) is 1. The Kier molecular flexibility index (Phi) is 5.04. The van der Waals surface area contributed by atoms with E-state index in [2.05, 4.69) is 10.1 Å². The summed E-state index contributed by atoms with van der Waals surface area (Å²) in [6.07, 6.45) is 1.41. The Bertz CT molecular complexity index is 249. The summed E-state index contributed by atoms with van der Waals surface area (Å²) in [6.45, 7) is 2.31. The van der Waals surface area contributed by atoms with Crippen molar-refractivity contribution in [1.29, 1.82) is 0 Å². The summed E-state index contributed by atoms with van der Waals surface area (Å²) in [5, 5.41) is 3.17. The van der Waals surface area contributed by atoms with E-state index < -0.39 is 12.1 Å². The average Bonchev–Trinajstić information content (AvgIpc) is 2.28. The zero-order chi connectivity index (χ0) is 12.0. The number of hydrogen-bond acceptors (Lipinski definition) is 5. The van der Waals surface area contributed by atoms with Crippen LogP contribution in [0.5, 0.6) is 0 Å². The lowest BCUT2D eigenvalue weighted by Crippen LogP contribution is -2.44. The Labute approximate surface area is 94.9 Å². The molecule has 0 spiro atoms. The molecule has 1 heterocycles. The van der Waals surface area contributed by atoms with E-state index in [0.29, 0.717) is 19.1 Å². The van der Waals surface area contributed by atoms with E-state index >= 15 is 0 Å². The first-order chi connectivity index (χ1) is 7.63. The van der Waals surface area contributed by atoms with Gasteiger partial charge >= 0.3 is 12.1 Å². The number of hydrogen-bond donors (Lipinski definition) is 1. The zero-order valence-electron chi connectivity index (χ0n) is 9.69. The van der Waals surface area contributed by atoms with Crippen LogP contribution in [0, 0.1) is 0 Å². The number of esters is 1. The van der Waals surface area contributed by atoms with Crippen molar-refractivity contribution in [3.8, 4) is 0 Å². The number of rotatable bonds is 3. The summed E-state index contributed by atoms with van der Waals surface area (Å²) < 4.78 is 9.31. The number of nitrogens with one attached hydrogen (secondary N) is 1. The van der Waals surface area contributed by atoms with Gasteiger partial charge in [0.05, 0.1) is 0 Å². The van der Waals surface area contributed by atoms with Crippen molar-refractivity contribution in [2.24, 2.45) is 0 Å². The van der Waals surface area contributed by atoms with Crippen LogP contribution >= 0.6 is 0 Å². The van der Waals surface area contributed by atoms with Crippen molar-refractivity contribution in [1.82, 2.24) is 10.2 Å². The van der Waals surface area contributed by atoms with Crippen LogP contribution in [0.1, 0.15) is 19.8 Å². The molecule has 1 fully saturated rings. The maximum absolute atomic E-state index is 11.5. The van der Waals surface area contributed by atoms with Crippen molar-refractivity contribution in [2.45, 2.75) is 25.8 Å². The lowest BCUT2D eigenvalue weighted by Gasteiger charge is -2.30. The van der Waals surface area contributed by atoms with Gasteiger partial charge in [0.15, 0.2) is 0 Å². The van der Waals surface area contributed by atoms with Crippen molar-refractivity contribution >= 4 is 12.1 Å². The Balaban J connectivity index is 2.20. The molecule has 0 bridgehead atoms. The summed E-state index contributed by atoms with van der Waals surface area (Å²) in [7, 11) is 1.92. The number of ether oxygens (including phenoxy) is 2. The summed E-state index contributed by atoms with van der Waals surface area (Å²) in [5.74, 6) is -0.457. The largest absolute Gasteiger partial charge is 0.428 e. The monoisotopic (exact) mass is 230 g/mol. The Morgan fingerprint density at radius 1 is 1.31 bits per heavy atom. The molecule has 0 aromatic carbocycles. The van der Waals surface area contributed by atoms with E-state index in [9.17, 15) is 9.59 Å². The highest BCUT2D eigenvalue weighted by atomic mass is 16.7. The predicted octanol–water partition coefficient (Wildman–Crippen LogP) is 0.327. The fourth-order valence-corrected chi connectivity index (χ4v) is 1.60. The predicted molar refractivity (Wildman–Crippen MR) is 56.8 cm³/mol. The molecule has 1 N–H and O–H groups in total. The molecule has 1 rings (SSSR count). The van der Waals surface area contributed by atoms with Gasteiger partial charge in [-0.1, -0.05) is 0 Å². The molecule has 6 heteroatoms. The SMILES string of the molecule is CNC1CCN(C(=O)OCOC(C)=O)CC1. The third kappa shape index (κ3) is 4.06. The Morgan fingerprint density at radius 2 is 1.94 bits per heavy atom. The van der Waals surface area contributed by atoms with E-state index in [1.165, 1.54) is 6.92 Å². The highest BCUT2D eigenvalue weighted by Gasteiger charge is 2.22. The minimum Gasteiger partial charge on any atom is -0.428 e. The average molecular weight is 230 g/mol. The smallest absolute Gasteiger partial charge is 0.412 e. The number of carbonyl (C=O) groups is 2. The number of likely N-dealkylation sites (tertiary alicyclic amines) is 1. The van der Waals surface area contributed by atoms with E-state index in [4.69, 9.17) is 4.74 Å². The normalized spacial score (nSPS) is 17.0. The summed E-state index contributed by atoms with van der Waals surface area (Å²) in [6, 6.07) is 0.470. The van der Waals surface area contributed by atoms with Gasteiger partial charge in [-0.15, -0.1) is 0 Å². The van der Waals surface area contributed by atoms with Crippen LogP contribution in [0.3, 0.4) is 0 Å². The van der Waals surface area contributed by atoms with Crippen LogP contribution in [0.15, 0.2) is 0 Å². The second kappa shape index (κ2) is 6.32. The molecule has 0 aromatic rings. The van der Waals surface area contributed by atoms with Crippen LogP contribution in [-0.4, -0.2) is 49.9 Å². The molecule has 92 valence electrons. The van der Waals surface area contributed by atoms with Crippen molar-refractivity contribution in [3.05, 3.63) is 0 Å². The second-order valence-electron chi connectivity index (χ2n) is 3.71. The molecule has 1 amide bonds. The Morgan fingerprint density at radius 3 is 2.44 bits per heavy atom. The summed E-state index contributed by atoms with van der Waals surface area (Å²) in [4.78, 5) is 23.5. The van der Waals surface area contributed by atoms with E-state index in [-0.39, 0.29) is 6.79 Å². The van der Waals surface area contributed by atoms with Gasteiger partial charge in [-0.3, -0.25) is 4.79 Å². The van der Waals surface area contributed by atoms with Crippen molar-refractivity contribution in [3.63, 3.8) is 0 Å². The van der Waals surface area contributed by atoms with Gasteiger partial charge in [-0.05, 0) is 19.9 Å². The van der Waals surface area contributed by atoms with E-state index in [1.54, 1.807) is 4.90 Å². The molecule has 0 aliphatic carbocycles. The maximum Gasteiger partial charge on any atom is 0.412 e. The molecule has 0 unspecified atom stereocenters. The highest BCUT2D eigenvalue weighted by molar-refractivity contribution is 5.68. The quantitative estimate of drug-likeness (QED) is 0.559. The fraction of sp³-hybridized carbons (Fsp3) is 0.800. The fourth-order valence-electron chi connectivity index (χ4n) is 1.60. The van der Waals surface area contributed by atoms with Crippen molar-refractivity contribution in [2.75, 3.05) is 26.9 Å². The minimum absolute atomic E-state index is 0.305. The number of carbonyl (C=O) groups excluding carboxylic acids is 2. The van der Waals surface area contributed by atoms with Gasteiger partial charge in [-0.2, -0.15) is 0 Å². The third-order valence-corrected chi connectivity index (χ3v) is 2.61. The molecule has 0 radical (unpaired) electrons. The van der Waals surface area contributed by atoms with Crippen LogP contribution in [0.25, 0.3) is 0 Å². The minimum atomic E-state index is -0.457. The van der Waals surface area contributed by atoms with Gasteiger partial charge in [0.1, 0.15) is 0 Å². The second-order valence-corrected chi connectivity index (χ2v) is 3.71. The molecule has 1 aliphatic rings. The highest BCUT2D eigenvalue weighted by Crippen LogP contribution is 2.10. The molecule has 1 aliphatic heterocycles. The summed E-state index contributed by atoms with van der Waals surface area (Å²) >= 11 is 0. The van der Waals surface area contributed by atoms with Crippen molar-refractivity contribution < 1.29 is 19.1 Å². The molecular formula is C10H18N2O4. The van der Waals surface area contributed by atoms with Gasteiger partial charge in [0, 0.05) is 26.1 Å². The molecule has 6 nitrogen and oxygen atoms in total. The van der Waals surface area contributed by atoms with Gasteiger partial charge in [-0.25, -0.2) is 4.79 Å².